The average molecular weight is 303 g/mol. The summed E-state index contributed by atoms with van der Waals surface area (Å²) in [6.45, 7) is 4.46. The molecule has 0 aliphatic carbocycles. The molecule has 0 bridgehead atoms. The number of rotatable bonds is 4. The van der Waals surface area contributed by atoms with Crippen LogP contribution in [-0.4, -0.2) is 21.0 Å². The SMILES string of the molecule is Cc1sc2ncnc(NCc3ccc(C(=O)O)o3)c2c1C. The molecule has 0 saturated heterocycles. The molecular weight excluding hydrogens is 290 g/mol. The summed E-state index contributed by atoms with van der Waals surface area (Å²) in [6.07, 6.45) is 1.52. The van der Waals surface area contributed by atoms with Gasteiger partial charge in [-0.1, -0.05) is 0 Å². The largest absolute Gasteiger partial charge is 0.475 e. The van der Waals surface area contributed by atoms with E-state index >= 15 is 0 Å². The van der Waals surface area contributed by atoms with E-state index in [1.165, 1.54) is 17.3 Å². The van der Waals surface area contributed by atoms with Gasteiger partial charge in [-0.2, -0.15) is 0 Å². The van der Waals surface area contributed by atoms with E-state index in [-0.39, 0.29) is 5.76 Å². The van der Waals surface area contributed by atoms with Gasteiger partial charge in [-0.25, -0.2) is 14.8 Å². The van der Waals surface area contributed by atoms with E-state index in [1.807, 2.05) is 6.92 Å². The number of carbonyl (C=O) groups is 1. The Kier molecular flexibility index (Phi) is 3.34. The number of nitrogens with one attached hydrogen (secondary N) is 1. The Balaban J connectivity index is 1.86. The van der Waals surface area contributed by atoms with Gasteiger partial charge in [0.25, 0.3) is 0 Å². The van der Waals surface area contributed by atoms with Crippen molar-refractivity contribution >= 4 is 33.3 Å². The fourth-order valence-electron chi connectivity index (χ4n) is 2.08. The van der Waals surface area contributed by atoms with Crippen LogP contribution in [0.25, 0.3) is 10.2 Å². The number of aromatic nitrogens is 2. The maximum Gasteiger partial charge on any atom is 0.371 e. The highest BCUT2D eigenvalue weighted by atomic mass is 32.1. The first kappa shape index (κ1) is 13.6. The molecule has 0 aliphatic rings. The lowest BCUT2D eigenvalue weighted by molar-refractivity contribution is 0.0660. The molecule has 3 aromatic heterocycles. The van der Waals surface area contributed by atoms with Gasteiger partial charge in [-0.3, -0.25) is 0 Å². The number of nitrogens with zero attached hydrogens (tertiary/aromatic N) is 2. The van der Waals surface area contributed by atoms with Crippen molar-refractivity contribution in [3.8, 4) is 0 Å². The van der Waals surface area contributed by atoms with Gasteiger partial charge in [0.05, 0.1) is 11.9 Å². The molecule has 0 aromatic carbocycles. The van der Waals surface area contributed by atoms with Crippen molar-refractivity contribution < 1.29 is 14.3 Å². The predicted octanol–water partition coefficient (Wildman–Crippen LogP) is 3.21. The molecule has 6 nitrogen and oxygen atoms in total. The Morgan fingerprint density at radius 3 is 2.90 bits per heavy atom. The molecule has 0 unspecified atom stereocenters. The van der Waals surface area contributed by atoms with Crippen LogP contribution in [0.1, 0.15) is 26.8 Å². The molecule has 0 atom stereocenters. The van der Waals surface area contributed by atoms with Gasteiger partial charge < -0.3 is 14.8 Å². The van der Waals surface area contributed by atoms with Gasteiger partial charge in [-0.05, 0) is 31.5 Å². The molecule has 0 saturated carbocycles. The van der Waals surface area contributed by atoms with Crippen LogP contribution < -0.4 is 5.32 Å². The van der Waals surface area contributed by atoms with E-state index < -0.39 is 5.97 Å². The van der Waals surface area contributed by atoms with Gasteiger partial charge in [0.15, 0.2) is 0 Å². The fourth-order valence-corrected chi connectivity index (χ4v) is 3.07. The third-order valence-electron chi connectivity index (χ3n) is 3.27. The number of thiophene rings is 1. The molecule has 0 radical (unpaired) electrons. The molecule has 3 aromatic rings. The molecular formula is C14H13N3O3S. The first-order valence-electron chi connectivity index (χ1n) is 6.33. The van der Waals surface area contributed by atoms with Crippen LogP contribution in [0.5, 0.6) is 0 Å². The normalized spacial score (nSPS) is 11.0. The van der Waals surface area contributed by atoms with E-state index in [1.54, 1.807) is 17.4 Å². The van der Waals surface area contributed by atoms with Crippen LogP contribution in [0, 0.1) is 13.8 Å². The summed E-state index contributed by atoms with van der Waals surface area (Å²) in [5.41, 5.74) is 1.16. The monoisotopic (exact) mass is 303 g/mol. The summed E-state index contributed by atoms with van der Waals surface area (Å²) in [7, 11) is 0. The topological polar surface area (TPSA) is 88.2 Å². The van der Waals surface area contributed by atoms with E-state index in [2.05, 4.69) is 22.2 Å². The zero-order valence-electron chi connectivity index (χ0n) is 11.5. The van der Waals surface area contributed by atoms with Crippen molar-refractivity contribution in [1.82, 2.24) is 9.97 Å². The summed E-state index contributed by atoms with van der Waals surface area (Å²) in [5, 5.41) is 13.0. The number of hydrogen-bond donors (Lipinski definition) is 2. The number of anilines is 1. The second-order valence-corrected chi connectivity index (χ2v) is 5.81. The minimum absolute atomic E-state index is 0.0674. The zero-order valence-corrected chi connectivity index (χ0v) is 12.3. The number of fused-ring (bicyclic) bond motifs is 1. The zero-order chi connectivity index (χ0) is 15.0. The number of hydrogen-bond acceptors (Lipinski definition) is 6. The first-order chi connectivity index (χ1) is 10.1. The van der Waals surface area contributed by atoms with Crippen LogP contribution >= 0.6 is 11.3 Å². The Morgan fingerprint density at radius 1 is 1.38 bits per heavy atom. The lowest BCUT2D eigenvalue weighted by Crippen LogP contribution is -2.01. The highest BCUT2D eigenvalue weighted by molar-refractivity contribution is 7.18. The molecule has 2 N–H and O–H groups in total. The van der Waals surface area contributed by atoms with E-state index in [0.717, 1.165) is 21.6 Å². The van der Waals surface area contributed by atoms with E-state index in [0.29, 0.717) is 12.3 Å². The molecule has 0 aliphatic heterocycles. The average Bonchev–Trinajstić information content (AvgIpc) is 3.03. The lowest BCUT2D eigenvalue weighted by atomic mass is 10.2. The fraction of sp³-hybridized carbons (Fsp3) is 0.214. The Labute approximate surface area is 124 Å². The van der Waals surface area contributed by atoms with Crippen LogP contribution in [0.15, 0.2) is 22.9 Å². The minimum atomic E-state index is -1.07. The maximum atomic E-state index is 10.8. The Bertz CT molecular complexity index is 822. The standard InChI is InChI=1S/C14H13N3O3S/c1-7-8(2)21-13-11(7)12(16-6-17-13)15-5-9-3-4-10(20-9)14(18)19/h3-4,6H,5H2,1-2H3,(H,18,19)(H,15,16,17). The van der Waals surface area contributed by atoms with Crippen LogP contribution in [-0.2, 0) is 6.54 Å². The van der Waals surface area contributed by atoms with E-state index in [4.69, 9.17) is 9.52 Å². The summed E-state index contributed by atoms with van der Waals surface area (Å²) in [4.78, 5) is 21.5. The van der Waals surface area contributed by atoms with Crippen molar-refractivity contribution in [3.05, 3.63) is 40.4 Å². The molecule has 21 heavy (non-hydrogen) atoms. The smallest absolute Gasteiger partial charge is 0.371 e. The van der Waals surface area contributed by atoms with Crippen molar-refractivity contribution in [1.29, 1.82) is 0 Å². The number of furan rings is 1. The van der Waals surface area contributed by atoms with Crippen molar-refractivity contribution in [3.63, 3.8) is 0 Å². The van der Waals surface area contributed by atoms with E-state index in [9.17, 15) is 4.79 Å². The highest BCUT2D eigenvalue weighted by Crippen LogP contribution is 2.32. The van der Waals surface area contributed by atoms with Crippen molar-refractivity contribution in [2.45, 2.75) is 20.4 Å². The number of aryl methyl sites for hydroxylation is 2. The molecule has 0 fully saturated rings. The molecule has 3 rings (SSSR count). The quantitative estimate of drug-likeness (QED) is 0.769. The second-order valence-electron chi connectivity index (χ2n) is 4.61. The Hall–Kier alpha value is -2.41. The van der Waals surface area contributed by atoms with Gasteiger partial charge in [0, 0.05) is 4.88 Å². The third-order valence-corrected chi connectivity index (χ3v) is 4.38. The Morgan fingerprint density at radius 2 is 2.19 bits per heavy atom. The van der Waals surface area contributed by atoms with Gasteiger partial charge in [-0.15, -0.1) is 11.3 Å². The first-order valence-corrected chi connectivity index (χ1v) is 7.14. The van der Waals surface area contributed by atoms with Crippen LogP contribution in [0.2, 0.25) is 0 Å². The van der Waals surface area contributed by atoms with Crippen LogP contribution in [0.4, 0.5) is 5.82 Å². The molecule has 0 spiro atoms. The van der Waals surface area contributed by atoms with Gasteiger partial charge >= 0.3 is 5.97 Å². The predicted molar refractivity (Wildman–Crippen MR) is 79.9 cm³/mol. The number of carboxylic acids is 1. The van der Waals surface area contributed by atoms with Crippen LogP contribution in [0.3, 0.4) is 0 Å². The summed E-state index contributed by atoms with van der Waals surface area (Å²) >= 11 is 1.63. The molecule has 0 amide bonds. The number of carboxylic acid groups (broad SMARTS) is 1. The highest BCUT2D eigenvalue weighted by Gasteiger charge is 2.13. The number of aromatic carboxylic acids is 1. The minimum Gasteiger partial charge on any atom is -0.475 e. The molecule has 7 heteroatoms. The lowest BCUT2D eigenvalue weighted by Gasteiger charge is -2.05. The summed E-state index contributed by atoms with van der Waals surface area (Å²) in [5.74, 6) is 0.135. The van der Waals surface area contributed by atoms with Gasteiger partial charge in [0.1, 0.15) is 22.7 Å². The van der Waals surface area contributed by atoms with Gasteiger partial charge in [0.2, 0.25) is 5.76 Å². The third kappa shape index (κ3) is 2.47. The molecule has 3 heterocycles. The summed E-state index contributed by atoms with van der Waals surface area (Å²) < 4.78 is 5.21. The maximum absolute atomic E-state index is 10.8. The van der Waals surface area contributed by atoms with Crippen molar-refractivity contribution in [2.75, 3.05) is 5.32 Å². The molecule has 108 valence electrons. The second kappa shape index (κ2) is 5.17. The summed E-state index contributed by atoms with van der Waals surface area (Å²) in [6, 6.07) is 3.08. The van der Waals surface area contributed by atoms with Crippen molar-refractivity contribution in [2.24, 2.45) is 0 Å².